The van der Waals surface area contributed by atoms with E-state index in [1.54, 1.807) is 24.3 Å². The first-order valence-corrected chi connectivity index (χ1v) is 7.29. The zero-order valence-electron chi connectivity index (χ0n) is 12.5. The molecule has 2 aromatic carbocycles. The van der Waals surface area contributed by atoms with Gasteiger partial charge in [-0.25, -0.2) is 4.79 Å². The van der Waals surface area contributed by atoms with E-state index in [4.69, 9.17) is 4.74 Å². The van der Waals surface area contributed by atoms with Gasteiger partial charge in [0.15, 0.2) is 5.60 Å². The summed E-state index contributed by atoms with van der Waals surface area (Å²) < 4.78 is 5.68. The Balaban J connectivity index is 2.17. The highest BCUT2D eigenvalue weighted by Gasteiger charge is 2.37. The third-order valence-corrected chi connectivity index (χ3v) is 3.53. The van der Waals surface area contributed by atoms with Crippen molar-refractivity contribution in [3.05, 3.63) is 65.7 Å². The molecule has 0 fully saturated rings. The highest BCUT2D eigenvalue weighted by Crippen LogP contribution is 2.29. The number of ether oxygens (including phenoxy) is 1. The van der Waals surface area contributed by atoms with Gasteiger partial charge in [-0.3, -0.25) is 0 Å². The van der Waals surface area contributed by atoms with Crippen molar-refractivity contribution < 1.29 is 19.7 Å². The lowest BCUT2D eigenvalue weighted by Crippen LogP contribution is -2.35. The summed E-state index contributed by atoms with van der Waals surface area (Å²) in [5.74, 6) is -0.702. The minimum absolute atomic E-state index is 0.157. The molecule has 2 N–H and O–H groups in total. The van der Waals surface area contributed by atoms with Crippen molar-refractivity contribution in [3.63, 3.8) is 0 Å². The lowest BCUT2D eigenvalue weighted by Gasteiger charge is -2.23. The van der Waals surface area contributed by atoms with Crippen LogP contribution in [0, 0.1) is 0 Å². The standard InChI is InChI=1S/C18H20O4/c1-2-11-18(21,17(19)20)15-9-6-10-16(12-15)22-13-14-7-4-3-5-8-14/h3-10,12,21H,2,11,13H2,1H3,(H,19,20). The van der Waals surface area contributed by atoms with Gasteiger partial charge in [-0.15, -0.1) is 0 Å². The molecule has 1 atom stereocenters. The van der Waals surface area contributed by atoms with E-state index in [1.807, 2.05) is 37.3 Å². The SMILES string of the molecule is CCCC(O)(C(=O)O)c1cccc(OCc2ccccc2)c1. The van der Waals surface area contributed by atoms with Crippen LogP contribution in [0.3, 0.4) is 0 Å². The number of carboxylic acids is 1. The van der Waals surface area contributed by atoms with Crippen molar-refractivity contribution in [1.29, 1.82) is 0 Å². The molecule has 0 radical (unpaired) electrons. The fraction of sp³-hybridized carbons (Fsp3) is 0.278. The van der Waals surface area contributed by atoms with Gasteiger partial charge in [-0.2, -0.15) is 0 Å². The molecule has 0 spiro atoms. The van der Waals surface area contributed by atoms with Crippen LogP contribution in [0.2, 0.25) is 0 Å². The summed E-state index contributed by atoms with van der Waals surface area (Å²) in [6.45, 7) is 2.23. The van der Waals surface area contributed by atoms with E-state index in [2.05, 4.69) is 0 Å². The molecule has 1 unspecified atom stereocenters. The summed E-state index contributed by atoms with van der Waals surface area (Å²) in [7, 11) is 0. The first-order valence-electron chi connectivity index (χ1n) is 7.29. The molecule has 0 aromatic heterocycles. The highest BCUT2D eigenvalue weighted by atomic mass is 16.5. The van der Waals surface area contributed by atoms with Crippen molar-refractivity contribution in [2.24, 2.45) is 0 Å². The second kappa shape index (κ2) is 7.09. The Morgan fingerprint density at radius 3 is 2.50 bits per heavy atom. The van der Waals surface area contributed by atoms with Gasteiger partial charge in [0, 0.05) is 0 Å². The van der Waals surface area contributed by atoms with Gasteiger partial charge in [-0.1, -0.05) is 55.8 Å². The molecule has 0 heterocycles. The quantitative estimate of drug-likeness (QED) is 0.823. The molecular weight excluding hydrogens is 280 g/mol. The lowest BCUT2D eigenvalue weighted by atomic mass is 9.89. The largest absolute Gasteiger partial charge is 0.489 e. The maximum absolute atomic E-state index is 11.4. The van der Waals surface area contributed by atoms with Crippen molar-refractivity contribution in [1.82, 2.24) is 0 Å². The average Bonchev–Trinajstić information content (AvgIpc) is 2.54. The first kappa shape index (κ1) is 16.0. The molecule has 0 saturated heterocycles. The Labute approximate surface area is 130 Å². The normalized spacial score (nSPS) is 13.4. The number of carboxylic acid groups (broad SMARTS) is 1. The fourth-order valence-corrected chi connectivity index (χ4v) is 2.32. The molecule has 0 saturated carbocycles. The van der Waals surface area contributed by atoms with Gasteiger partial charge in [0.25, 0.3) is 0 Å². The second-order valence-electron chi connectivity index (χ2n) is 5.22. The molecule has 0 aliphatic rings. The Kier molecular flexibility index (Phi) is 5.17. The molecule has 2 rings (SSSR count). The Bertz CT molecular complexity index is 624. The van der Waals surface area contributed by atoms with Crippen molar-refractivity contribution in [2.75, 3.05) is 0 Å². The smallest absolute Gasteiger partial charge is 0.340 e. The molecule has 0 amide bonds. The monoisotopic (exact) mass is 300 g/mol. The number of aliphatic hydroxyl groups is 1. The van der Waals surface area contributed by atoms with Crippen LogP contribution in [-0.4, -0.2) is 16.2 Å². The van der Waals surface area contributed by atoms with E-state index in [1.165, 1.54) is 0 Å². The lowest BCUT2D eigenvalue weighted by molar-refractivity contribution is -0.160. The summed E-state index contributed by atoms with van der Waals surface area (Å²) in [5.41, 5.74) is -0.511. The highest BCUT2D eigenvalue weighted by molar-refractivity contribution is 5.79. The molecule has 116 valence electrons. The Hall–Kier alpha value is -2.33. The second-order valence-corrected chi connectivity index (χ2v) is 5.22. The van der Waals surface area contributed by atoms with Crippen LogP contribution in [0.1, 0.15) is 30.9 Å². The first-order chi connectivity index (χ1) is 10.6. The molecule has 0 aliphatic heterocycles. The van der Waals surface area contributed by atoms with E-state index in [0.29, 0.717) is 24.3 Å². The maximum atomic E-state index is 11.4. The fourth-order valence-electron chi connectivity index (χ4n) is 2.32. The molecule has 0 bridgehead atoms. The van der Waals surface area contributed by atoms with Gasteiger partial charge in [0.2, 0.25) is 0 Å². The summed E-state index contributed by atoms with van der Waals surface area (Å²) in [6.07, 6.45) is 0.725. The number of carbonyl (C=O) groups is 1. The third-order valence-electron chi connectivity index (χ3n) is 3.53. The average molecular weight is 300 g/mol. The number of hydrogen-bond donors (Lipinski definition) is 2. The van der Waals surface area contributed by atoms with E-state index in [-0.39, 0.29) is 6.42 Å². The topological polar surface area (TPSA) is 66.8 Å². The van der Waals surface area contributed by atoms with Crippen LogP contribution in [0.15, 0.2) is 54.6 Å². The van der Waals surface area contributed by atoms with Crippen molar-refractivity contribution in [3.8, 4) is 5.75 Å². The maximum Gasteiger partial charge on any atom is 0.340 e. The van der Waals surface area contributed by atoms with Gasteiger partial charge in [0.05, 0.1) is 0 Å². The zero-order chi connectivity index (χ0) is 16.0. The van der Waals surface area contributed by atoms with E-state index in [0.717, 1.165) is 5.56 Å². The molecular formula is C18H20O4. The van der Waals surface area contributed by atoms with Crippen molar-refractivity contribution in [2.45, 2.75) is 32.0 Å². The van der Waals surface area contributed by atoms with Crippen molar-refractivity contribution >= 4 is 5.97 Å². The minimum atomic E-state index is -1.87. The van der Waals surface area contributed by atoms with Crippen LogP contribution >= 0.6 is 0 Å². The van der Waals surface area contributed by atoms with Crippen LogP contribution in [0.5, 0.6) is 5.75 Å². The van der Waals surface area contributed by atoms with E-state index < -0.39 is 11.6 Å². The van der Waals surface area contributed by atoms with Gasteiger partial charge < -0.3 is 14.9 Å². The van der Waals surface area contributed by atoms with Crippen LogP contribution < -0.4 is 4.74 Å². The number of aliphatic carboxylic acids is 1. The van der Waals surface area contributed by atoms with Gasteiger partial charge in [-0.05, 0) is 29.7 Å². The molecule has 0 aliphatic carbocycles. The summed E-state index contributed by atoms with van der Waals surface area (Å²) in [4.78, 5) is 11.4. The van der Waals surface area contributed by atoms with Crippen LogP contribution in [0.25, 0.3) is 0 Å². The predicted molar refractivity (Wildman–Crippen MR) is 83.7 cm³/mol. The zero-order valence-corrected chi connectivity index (χ0v) is 12.5. The summed E-state index contributed by atoms with van der Waals surface area (Å²) in [6, 6.07) is 16.3. The summed E-state index contributed by atoms with van der Waals surface area (Å²) in [5, 5.41) is 19.7. The van der Waals surface area contributed by atoms with Gasteiger partial charge >= 0.3 is 5.97 Å². The molecule has 4 nitrogen and oxygen atoms in total. The van der Waals surface area contributed by atoms with E-state index >= 15 is 0 Å². The Morgan fingerprint density at radius 2 is 1.86 bits per heavy atom. The number of hydrogen-bond acceptors (Lipinski definition) is 3. The van der Waals surface area contributed by atoms with E-state index in [9.17, 15) is 15.0 Å². The van der Waals surface area contributed by atoms with Crippen LogP contribution in [-0.2, 0) is 17.0 Å². The molecule has 4 heteroatoms. The summed E-state index contributed by atoms with van der Waals surface area (Å²) >= 11 is 0. The number of benzene rings is 2. The predicted octanol–water partition coefficient (Wildman–Crippen LogP) is 3.34. The number of rotatable bonds is 7. The van der Waals surface area contributed by atoms with Crippen LogP contribution in [0.4, 0.5) is 0 Å². The Morgan fingerprint density at radius 1 is 1.14 bits per heavy atom. The molecule has 2 aromatic rings. The minimum Gasteiger partial charge on any atom is -0.489 e. The van der Waals surface area contributed by atoms with Gasteiger partial charge in [0.1, 0.15) is 12.4 Å². The third kappa shape index (κ3) is 3.65. The molecule has 22 heavy (non-hydrogen) atoms.